The molecule has 2 aromatic heterocycles. The van der Waals surface area contributed by atoms with Crippen molar-refractivity contribution in [1.29, 1.82) is 5.41 Å². The lowest BCUT2D eigenvalue weighted by Gasteiger charge is -2.31. The zero-order chi connectivity index (χ0) is 23.7. The molecule has 1 atom stereocenters. The Morgan fingerprint density at radius 1 is 1.27 bits per heavy atom. The van der Waals surface area contributed by atoms with Gasteiger partial charge in [0.1, 0.15) is 18.0 Å². The fourth-order valence-electron chi connectivity index (χ4n) is 4.57. The molecule has 8 nitrogen and oxygen atoms in total. The number of aliphatic hydroxyl groups is 1. The number of fused-ring (bicyclic) bond motifs is 5. The number of hydrogen-bond acceptors (Lipinski definition) is 7. The molecule has 2 N–H and O–H groups in total. The van der Waals surface area contributed by atoms with Gasteiger partial charge in [-0.3, -0.25) is 4.79 Å². The number of ether oxygens (including phenoxy) is 2. The number of cyclic esters (lactones) is 1. The molecule has 0 aliphatic carbocycles. The summed E-state index contributed by atoms with van der Waals surface area (Å²) in [5.74, 6) is -0.132. The maximum atomic E-state index is 13.4. The number of pyridine rings is 2. The number of nitrogens with one attached hydrogen (secondary N) is 1. The molecule has 0 unspecified atom stereocenters. The fourth-order valence-corrected chi connectivity index (χ4v) is 4.57. The number of aromatic nitrogens is 2. The first-order valence-electron chi connectivity index (χ1n) is 10.9. The van der Waals surface area contributed by atoms with Crippen LogP contribution in [0, 0.1) is 5.41 Å². The largest absolute Gasteiger partial charge is 0.487 e. The van der Waals surface area contributed by atoms with Gasteiger partial charge in [0.15, 0.2) is 5.60 Å². The number of benzene rings is 1. The third-order valence-electron chi connectivity index (χ3n) is 6.23. The van der Waals surface area contributed by atoms with Gasteiger partial charge in [0.2, 0.25) is 0 Å². The Morgan fingerprint density at radius 2 is 2.03 bits per heavy atom. The molecule has 5 rings (SSSR count). The second-order valence-corrected chi connectivity index (χ2v) is 9.51. The molecule has 0 spiro atoms. The number of nitrogens with zero attached hydrogens (tertiary/aromatic N) is 2. The normalized spacial score (nSPS) is 19.0. The molecule has 0 radical (unpaired) electrons. The molecular weight excluding hydrogens is 422 g/mol. The average molecular weight is 447 g/mol. The summed E-state index contributed by atoms with van der Waals surface area (Å²) in [7, 11) is 0. The van der Waals surface area contributed by atoms with Gasteiger partial charge in [0, 0.05) is 22.7 Å². The van der Waals surface area contributed by atoms with E-state index in [1.165, 1.54) is 6.21 Å². The van der Waals surface area contributed by atoms with Crippen molar-refractivity contribution in [1.82, 2.24) is 9.55 Å². The molecular formula is C25H25N3O5. The van der Waals surface area contributed by atoms with E-state index in [9.17, 15) is 14.7 Å². The lowest BCUT2D eigenvalue weighted by Crippen LogP contribution is -2.44. The van der Waals surface area contributed by atoms with Gasteiger partial charge in [-0.1, -0.05) is 13.0 Å². The van der Waals surface area contributed by atoms with Gasteiger partial charge in [-0.25, -0.2) is 9.78 Å². The van der Waals surface area contributed by atoms with E-state index < -0.39 is 17.2 Å². The summed E-state index contributed by atoms with van der Waals surface area (Å²) in [6.45, 7) is 7.60. The zero-order valence-electron chi connectivity index (χ0n) is 19.0. The van der Waals surface area contributed by atoms with Crippen molar-refractivity contribution in [2.45, 2.75) is 58.5 Å². The Kier molecular flexibility index (Phi) is 4.52. The highest BCUT2D eigenvalue weighted by Crippen LogP contribution is 2.43. The van der Waals surface area contributed by atoms with E-state index in [0.29, 0.717) is 22.7 Å². The minimum absolute atomic E-state index is 0.0878. The third kappa shape index (κ3) is 3.08. The van der Waals surface area contributed by atoms with Gasteiger partial charge >= 0.3 is 5.97 Å². The first-order chi connectivity index (χ1) is 15.6. The van der Waals surface area contributed by atoms with Crippen molar-refractivity contribution in [2.24, 2.45) is 0 Å². The van der Waals surface area contributed by atoms with Gasteiger partial charge in [-0.15, -0.1) is 0 Å². The van der Waals surface area contributed by atoms with Crippen molar-refractivity contribution in [2.75, 3.05) is 0 Å². The lowest BCUT2D eigenvalue weighted by atomic mass is 9.86. The number of esters is 1. The second kappa shape index (κ2) is 6.99. The summed E-state index contributed by atoms with van der Waals surface area (Å²) in [5.41, 5.74) is 1.13. The van der Waals surface area contributed by atoms with E-state index in [2.05, 4.69) is 0 Å². The molecule has 0 saturated heterocycles. The minimum Gasteiger partial charge on any atom is -0.487 e. The predicted octanol–water partition coefficient (Wildman–Crippen LogP) is 3.25. The van der Waals surface area contributed by atoms with Crippen LogP contribution in [0.4, 0.5) is 0 Å². The monoisotopic (exact) mass is 447 g/mol. The van der Waals surface area contributed by atoms with Crippen LogP contribution in [0.3, 0.4) is 0 Å². The molecule has 1 aromatic carbocycles. The number of rotatable bonds is 3. The fraction of sp³-hybridized carbons (Fsp3) is 0.360. The van der Waals surface area contributed by atoms with Crippen LogP contribution in [0.5, 0.6) is 5.75 Å². The molecule has 170 valence electrons. The SMILES string of the molecule is CC[C@@]1(O)C(=O)OCc2c1cc1n(c2=O)Cc2c-1nc1ccc(C=N)cc1c2OC(C)(C)C. The Hall–Kier alpha value is -3.52. The smallest absolute Gasteiger partial charge is 0.343 e. The lowest BCUT2D eigenvalue weighted by molar-refractivity contribution is -0.172. The quantitative estimate of drug-likeness (QED) is 0.368. The predicted molar refractivity (Wildman–Crippen MR) is 123 cm³/mol. The minimum atomic E-state index is -1.87. The van der Waals surface area contributed by atoms with Gasteiger partial charge in [0.25, 0.3) is 5.56 Å². The maximum absolute atomic E-state index is 13.4. The van der Waals surface area contributed by atoms with Gasteiger partial charge < -0.3 is 24.6 Å². The summed E-state index contributed by atoms with van der Waals surface area (Å²) in [4.78, 5) is 30.6. The average Bonchev–Trinajstić information content (AvgIpc) is 3.14. The molecule has 3 aromatic rings. The van der Waals surface area contributed by atoms with Crippen LogP contribution in [0.2, 0.25) is 0 Å². The Bertz CT molecular complexity index is 1420. The summed E-state index contributed by atoms with van der Waals surface area (Å²) in [6.07, 6.45) is 1.36. The molecule has 4 heterocycles. The van der Waals surface area contributed by atoms with E-state index in [4.69, 9.17) is 19.9 Å². The molecule has 0 saturated carbocycles. The molecule has 0 fully saturated rings. The van der Waals surface area contributed by atoms with E-state index in [1.54, 1.807) is 23.6 Å². The van der Waals surface area contributed by atoms with Crippen LogP contribution < -0.4 is 10.3 Å². The van der Waals surface area contributed by atoms with E-state index in [-0.39, 0.29) is 36.3 Å². The third-order valence-corrected chi connectivity index (χ3v) is 6.23. The highest BCUT2D eigenvalue weighted by atomic mass is 16.6. The van der Waals surface area contributed by atoms with Gasteiger partial charge in [0.05, 0.1) is 29.0 Å². The van der Waals surface area contributed by atoms with Crippen LogP contribution in [0.1, 0.15) is 56.4 Å². The van der Waals surface area contributed by atoms with Crippen molar-refractivity contribution >= 4 is 23.1 Å². The standard InChI is InChI=1S/C25H25N3O5/c1-5-25(31)17-9-19-20-15(11-28(19)22(29)16(17)12-32-23(25)30)21(33-24(2,3)4)14-8-13(10-26)6-7-18(14)27-20/h6-10,26,31H,5,11-12H2,1-4H3/t25-/m0/s1. The van der Waals surface area contributed by atoms with Crippen LogP contribution in [-0.2, 0) is 28.3 Å². The number of hydrogen-bond donors (Lipinski definition) is 2. The van der Waals surface area contributed by atoms with Crippen LogP contribution in [0.25, 0.3) is 22.3 Å². The van der Waals surface area contributed by atoms with Gasteiger partial charge in [-0.05, 0) is 51.0 Å². The summed E-state index contributed by atoms with van der Waals surface area (Å²) < 4.78 is 13.1. The molecule has 8 heteroatoms. The van der Waals surface area contributed by atoms with Crippen molar-refractivity contribution in [3.05, 3.63) is 56.9 Å². The van der Waals surface area contributed by atoms with Gasteiger partial charge in [-0.2, -0.15) is 0 Å². The first-order valence-corrected chi connectivity index (χ1v) is 10.9. The number of carbonyl (C=O) groups is 1. The first kappa shape index (κ1) is 21.3. The number of carbonyl (C=O) groups excluding carboxylic acids is 1. The maximum Gasteiger partial charge on any atom is 0.343 e. The van der Waals surface area contributed by atoms with Crippen LogP contribution in [-0.4, -0.2) is 32.4 Å². The zero-order valence-corrected chi connectivity index (χ0v) is 19.0. The molecule has 0 bridgehead atoms. The Balaban J connectivity index is 1.82. The highest BCUT2D eigenvalue weighted by Gasteiger charge is 2.45. The van der Waals surface area contributed by atoms with Crippen LogP contribution >= 0.6 is 0 Å². The molecule has 2 aliphatic rings. The van der Waals surface area contributed by atoms with E-state index in [0.717, 1.165) is 16.5 Å². The van der Waals surface area contributed by atoms with Crippen molar-refractivity contribution in [3.8, 4) is 17.1 Å². The summed E-state index contributed by atoms with van der Waals surface area (Å²) in [6, 6.07) is 7.18. The molecule has 0 amide bonds. The Labute approximate surface area is 190 Å². The van der Waals surface area contributed by atoms with Crippen molar-refractivity contribution in [3.63, 3.8) is 0 Å². The van der Waals surface area contributed by atoms with Crippen LogP contribution in [0.15, 0.2) is 29.1 Å². The second-order valence-electron chi connectivity index (χ2n) is 9.51. The topological polar surface area (TPSA) is 115 Å². The Morgan fingerprint density at radius 3 is 2.70 bits per heavy atom. The van der Waals surface area contributed by atoms with E-state index >= 15 is 0 Å². The molecule has 33 heavy (non-hydrogen) atoms. The molecule has 2 aliphatic heterocycles. The summed E-state index contributed by atoms with van der Waals surface area (Å²) in [5, 5.41) is 19.4. The summed E-state index contributed by atoms with van der Waals surface area (Å²) >= 11 is 0. The van der Waals surface area contributed by atoms with Crippen molar-refractivity contribution < 1.29 is 19.4 Å². The highest BCUT2D eigenvalue weighted by molar-refractivity contribution is 5.95. The van der Waals surface area contributed by atoms with E-state index in [1.807, 2.05) is 32.9 Å².